The Morgan fingerprint density at radius 3 is 2.33 bits per heavy atom. The summed E-state index contributed by atoms with van der Waals surface area (Å²) >= 11 is 0. The molecule has 3 amide bonds. The number of amides is 3. The van der Waals surface area contributed by atoms with Gasteiger partial charge in [-0.3, -0.25) is 4.79 Å². The van der Waals surface area contributed by atoms with Crippen LogP contribution >= 0.6 is 0 Å². The number of likely N-dealkylation sites (tertiary alicyclic amines) is 2. The molecule has 3 fully saturated rings. The number of nitrogens with zero attached hydrogens (tertiary/aromatic N) is 4. The number of hydrogen-bond donors (Lipinski definition) is 2. The predicted molar refractivity (Wildman–Crippen MR) is 101 cm³/mol. The van der Waals surface area contributed by atoms with Gasteiger partial charge in [-0.2, -0.15) is 13.2 Å². The van der Waals surface area contributed by atoms with Gasteiger partial charge in [0.25, 0.3) is 0 Å². The third-order valence-electron chi connectivity index (χ3n) is 6.52. The van der Waals surface area contributed by atoms with Crippen molar-refractivity contribution >= 4 is 17.8 Å². The second kappa shape index (κ2) is 7.59. The van der Waals surface area contributed by atoms with E-state index in [4.69, 9.17) is 5.73 Å². The smallest absolute Gasteiger partial charge is 0.369 e. The van der Waals surface area contributed by atoms with Gasteiger partial charge in [0, 0.05) is 37.6 Å². The molecule has 0 aromatic carbocycles. The van der Waals surface area contributed by atoms with Crippen molar-refractivity contribution < 1.29 is 22.8 Å². The third-order valence-corrected chi connectivity index (χ3v) is 6.52. The minimum atomic E-state index is -4.49. The zero-order valence-electron chi connectivity index (χ0n) is 16.5. The lowest BCUT2D eigenvalue weighted by Gasteiger charge is -2.54. The SMILES string of the molecule is NC(=O)[C@@H]1CCN(C(=O)N2CC3(CCC(Nc4cnc(C(F)(F)F)cn4)CC3)C2)C1. The number of aromatic nitrogens is 2. The molecule has 4 rings (SSSR count). The molecule has 3 N–H and O–H groups in total. The van der Waals surface area contributed by atoms with Crippen LogP contribution in [0.3, 0.4) is 0 Å². The van der Waals surface area contributed by atoms with Gasteiger partial charge in [0.05, 0.1) is 18.3 Å². The molecule has 1 atom stereocenters. The molecule has 0 unspecified atom stereocenters. The molecule has 0 radical (unpaired) electrons. The van der Waals surface area contributed by atoms with Gasteiger partial charge in [-0.1, -0.05) is 0 Å². The van der Waals surface area contributed by atoms with Crippen molar-refractivity contribution in [1.82, 2.24) is 19.8 Å². The van der Waals surface area contributed by atoms with Gasteiger partial charge >= 0.3 is 12.2 Å². The number of rotatable bonds is 3. The maximum Gasteiger partial charge on any atom is 0.434 e. The van der Waals surface area contributed by atoms with E-state index in [2.05, 4.69) is 15.3 Å². The fourth-order valence-corrected chi connectivity index (χ4v) is 4.71. The maximum atomic E-state index is 12.6. The third kappa shape index (κ3) is 4.15. The van der Waals surface area contributed by atoms with Crippen molar-refractivity contribution in [3.05, 3.63) is 18.1 Å². The number of urea groups is 1. The van der Waals surface area contributed by atoms with Crippen LogP contribution in [0.5, 0.6) is 0 Å². The van der Waals surface area contributed by atoms with Crippen molar-refractivity contribution in [3.8, 4) is 0 Å². The maximum absolute atomic E-state index is 12.6. The van der Waals surface area contributed by atoms with Crippen LogP contribution in [0.15, 0.2) is 12.4 Å². The van der Waals surface area contributed by atoms with Crippen molar-refractivity contribution in [2.45, 2.75) is 44.3 Å². The summed E-state index contributed by atoms with van der Waals surface area (Å²) < 4.78 is 37.7. The molecule has 3 aliphatic rings. The molecule has 1 saturated carbocycles. The first-order valence-electron chi connectivity index (χ1n) is 10.1. The molecule has 3 heterocycles. The van der Waals surface area contributed by atoms with Gasteiger partial charge in [0.15, 0.2) is 5.69 Å². The van der Waals surface area contributed by atoms with Gasteiger partial charge in [-0.15, -0.1) is 0 Å². The molecule has 0 bridgehead atoms. The van der Waals surface area contributed by atoms with E-state index in [1.807, 2.05) is 4.90 Å². The Hall–Kier alpha value is -2.59. The lowest BCUT2D eigenvalue weighted by atomic mass is 9.67. The van der Waals surface area contributed by atoms with Crippen LogP contribution in [-0.2, 0) is 11.0 Å². The first-order valence-corrected chi connectivity index (χ1v) is 10.1. The summed E-state index contributed by atoms with van der Waals surface area (Å²) in [5, 5.41) is 3.17. The molecule has 2 saturated heterocycles. The Morgan fingerprint density at radius 1 is 1.10 bits per heavy atom. The Bertz CT molecular complexity index is 799. The minimum absolute atomic E-state index is 0.0235. The highest BCUT2D eigenvalue weighted by atomic mass is 19.4. The number of nitrogens with two attached hydrogens (primary N) is 1. The van der Waals surface area contributed by atoms with Crippen LogP contribution < -0.4 is 11.1 Å². The molecule has 11 heteroatoms. The first kappa shape index (κ1) is 20.7. The Balaban J connectivity index is 1.23. The Labute approximate surface area is 172 Å². The summed E-state index contributed by atoms with van der Waals surface area (Å²) in [7, 11) is 0. The Morgan fingerprint density at radius 2 is 1.80 bits per heavy atom. The van der Waals surface area contributed by atoms with E-state index in [0.29, 0.717) is 38.4 Å². The zero-order valence-corrected chi connectivity index (χ0v) is 16.5. The highest BCUT2D eigenvalue weighted by molar-refractivity contribution is 5.80. The van der Waals surface area contributed by atoms with Gasteiger partial charge < -0.3 is 20.9 Å². The minimum Gasteiger partial charge on any atom is -0.369 e. The van der Waals surface area contributed by atoms with Crippen molar-refractivity contribution in [3.63, 3.8) is 0 Å². The number of hydrogen-bond acceptors (Lipinski definition) is 5. The van der Waals surface area contributed by atoms with Crippen LogP contribution in [0.2, 0.25) is 0 Å². The van der Waals surface area contributed by atoms with E-state index >= 15 is 0 Å². The fraction of sp³-hybridized carbons (Fsp3) is 0.684. The standard InChI is InChI=1S/C19H25F3N6O2/c20-19(21,22)14-7-25-15(8-24-14)26-13-1-4-18(5-2-13)10-28(11-18)17(30)27-6-3-12(9-27)16(23)29/h7-8,12-13H,1-6,9-11H2,(H2,23,29)(H,25,26)/t12-/m1/s1. The molecule has 164 valence electrons. The zero-order chi connectivity index (χ0) is 21.5. The van der Waals surface area contributed by atoms with Crippen molar-refractivity contribution in [2.24, 2.45) is 17.1 Å². The summed E-state index contributed by atoms with van der Waals surface area (Å²) in [5.41, 5.74) is 4.44. The number of anilines is 1. The number of primary amides is 1. The van der Waals surface area contributed by atoms with E-state index in [9.17, 15) is 22.8 Å². The largest absolute Gasteiger partial charge is 0.434 e. The van der Waals surface area contributed by atoms with Crippen LogP contribution in [0.1, 0.15) is 37.8 Å². The summed E-state index contributed by atoms with van der Waals surface area (Å²) in [6.45, 7) is 2.38. The molecule has 8 nitrogen and oxygen atoms in total. The van der Waals surface area contributed by atoms with Gasteiger partial charge in [-0.25, -0.2) is 14.8 Å². The fourth-order valence-electron chi connectivity index (χ4n) is 4.71. The van der Waals surface area contributed by atoms with E-state index in [1.165, 1.54) is 0 Å². The molecular formula is C19H25F3N6O2. The number of alkyl halides is 3. The quantitative estimate of drug-likeness (QED) is 0.770. The van der Waals surface area contributed by atoms with Crippen LogP contribution in [0.25, 0.3) is 0 Å². The highest BCUT2D eigenvalue weighted by Crippen LogP contribution is 2.45. The average molecular weight is 426 g/mol. The van der Waals surface area contributed by atoms with E-state index in [1.54, 1.807) is 4.90 Å². The Kier molecular flexibility index (Phi) is 5.23. The van der Waals surface area contributed by atoms with Gasteiger partial charge in [0.1, 0.15) is 5.82 Å². The second-order valence-corrected chi connectivity index (χ2v) is 8.68. The summed E-state index contributed by atoms with van der Waals surface area (Å²) in [6.07, 6.45) is 1.58. The lowest BCUT2D eigenvalue weighted by molar-refractivity contribution is -0.141. The molecule has 1 aromatic rings. The van der Waals surface area contributed by atoms with Crippen LogP contribution in [-0.4, -0.2) is 63.9 Å². The topological polar surface area (TPSA) is 104 Å². The van der Waals surface area contributed by atoms with E-state index in [-0.39, 0.29) is 29.3 Å². The average Bonchev–Trinajstić information content (AvgIpc) is 3.17. The van der Waals surface area contributed by atoms with Gasteiger partial charge in [-0.05, 0) is 32.1 Å². The predicted octanol–water partition coefficient (Wildman–Crippen LogP) is 2.08. The molecule has 2 aliphatic heterocycles. The summed E-state index contributed by atoms with van der Waals surface area (Å²) in [5.74, 6) is -0.264. The lowest BCUT2D eigenvalue weighted by Crippen LogP contribution is -2.62. The normalized spacial score (nSPS) is 24.0. The van der Waals surface area contributed by atoms with Gasteiger partial charge in [0.2, 0.25) is 5.91 Å². The monoisotopic (exact) mass is 426 g/mol. The number of nitrogens with one attached hydrogen (secondary N) is 1. The van der Waals surface area contributed by atoms with Crippen molar-refractivity contribution in [2.75, 3.05) is 31.5 Å². The molecule has 1 aromatic heterocycles. The van der Waals surface area contributed by atoms with E-state index < -0.39 is 11.9 Å². The van der Waals surface area contributed by atoms with E-state index in [0.717, 1.165) is 38.1 Å². The number of carbonyl (C=O) groups excluding carboxylic acids is 2. The number of halogens is 3. The van der Waals surface area contributed by atoms with Crippen LogP contribution in [0.4, 0.5) is 23.8 Å². The molecule has 1 spiro atoms. The van der Waals surface area contributed by atoms with Crippen LogP contribution in [0, 0.1) is 11.3 Å². The van der Waals surface area contributed by atoms with Crippen molar-refractivity contribution in [1.29, 1.82) is 0 Å². The summed E-state index contributed by atoms with van der Waals surface area (Å²) in [6, 6.07) is 0.103. The molecule has 30 heavy (non-hydrogen) atoms. The molecular weight excluding hydrogens is 401 g/mol. The first-order chi connectivity index (χ1) is 14.2. The molecule has 1 aliphatic carbocycles. The number of carbonyl (C=O) groups is 2. The summed E-state index contributed by atoms with van der Waals surface area (Å²) in [4.78, 5) is 34.7. The highest BCUT2D eigenvalue weighted by Gasteiger charge is 2.48. The second-order valence-electron chi connectivity index (χ2n) is 8.68.